The molecule has 9 heteroatoms. The third-order valence-corrected chi connectivity index (χ3v) is 9.86. The molecule has 3 fully saturated rings. The molecular weight excluding hydrogens is 524 g/mol. The summed E-state index contributed by atoms with van der Waals surface area (Å²) in [5.74, 6) is 0.785. The molecule has 7 rings (SSSR count). The summed E-state index contributed by atoms with van der Waals surface area (Å²) >= 11 is 0. The van der Waals surface area contributed by atoms with Crippen molar-refractivity contribution in [2.75, 3.05) is 43.0 Å². The number of anilines is 2. The van der Waals surface area contributed by atoms with E-state index in [1.807, 2.05) is 21.7 Å². The summed E-state index contributed by atoms with van der Waals surface area (Å²) in [6.45, 7) is 16.5. The van der Waals surface area contributed by atoms with Crippen molar-refractivity contribution in [2.24, 2.45) is 5.41 Å². The van der Waals surface area contributed by atoms with Crippen LogP contribution in [0, 0.1) is 12.3 Å². The molecule has 42 heavy (non-hydrogen) atoms. The standard InChI is InChI=1S/C33H42N8O/c1-20-7-10-26(11-8-20)41-31(36-30(37-41)32(42)39-16-21(2)35-22(3)17-39)25-9-12-28-29(13-25)40(24(5)23(4)38(28)6)27-14-33(15-27)18-34-19-33/h7-13,21-22,24,27,34-35H,4,14-19H2,1-3,5-6H3/t21-,22+,24-/m1/s1. The van der Waals surface area contributed by atoms with Crippen LogP contribution in [-0.4, -0.2) is 83.0 Å². The Hall–Kier alpha value is -3.69. The van der Waals surface area contributed by atoms with Crippen LogP contribution in [0.5, 0.6) is 0 Å². The van der Waals surface area contributed by atoms with Gasteiger partial charge in [-0.2, -0.15) is 0 Å². The number of likely N-dealkylation sites (N-methyl/N-ethyl adjacent to an activating group) is 1. The van der Waals surface area contributed by atoms with Crippen LogP contribution in [-0.2, 0) is 0 Å². The van der Waals surface area contributed by atoms with Crippen molar-refractivity contribution >= 4 is 17.3 Å². The van der Waals surface area contributed by atoms with Gasteiger partial charge in [0.2, 0.25) is 5.82 Å². The van der Waals surface area contributed by atoms with Gasteiger partial charge in [0.15, 0.2) is 5.82 Å². The summed E-state index contributed by atoms with van der Waals surface area (Å²) in [5.41, 5.74) is 6.91. The average molecular weight is 567 g/mol. The van der Waals surface area contributed by atoms with E-state index in [-0.39, 0.29) is 29.9 Å². The summed E-state index contributed by atoms with van der Waals surface area (Å²) in [7, 11) is 2.10. The van der Waals surface area contributed by atoms with Gasteiger partial charge in [-0.05, 0) is 76.3 Å². The molecule has 2 aromatic carbocycles. The lowest BCUT2D eigenvalue weighted by Gasteiger charge is -2.60. The molecule has 0 radical (unpaired) electrons. The lowest BCUT2D eigenvalue weighted by molar-refractivity contribution is 0.0335. The minimum atomic E-state index is -0.125. The van der Waals surface area contributed by atoms with Crippen molar-refractivity contribution < 1.29 is 4.79 Å². The second kappa shape index (κ2) is 9.95. The number of nitrogens with zero attached hydrogens (tertiary/aromatic N) is 6. The van der Waals surface area contributed by atoms with Gasteiger partial charge in [0, 0.05) is 62.6 Å². The Morgan fingerprint density at radius 1 is 1.00 bits per heavy atom. The van der Waals surface area contributed by atoms with E-state index in [0.29, 0.717) is 30.4 Å². The van der Waals surface area contributed by atoms with E-state index in [0.717, 1.165) is 35.7 Å². The number of carbonyl (C=O) groups excluding carboxylic acids is 1. The average Bonchev–Trinajstić information content (AvgIpc) is 3.36. The van der Waals surface area contributed by atoms with Gasteiger partial charge in [0.05, 0.1) is 23.1 Å². The number of benzene rings is 2. The number of piperazine rings is 1. The molecule has 1 amide bonds. The van der Waals surface area contributed by atoms with Gasteiger partial charge in [0.25, 0.3) is 5.91 Å². The highest BCUT2D eigenvalue weighted by Gasteiger charge is 2.52. The topological polar surface area (TPSA) is 81.6 Å². The lowest BCUT2D eigenvalue weighted by Crippen LogP contribution is -2.67. The molecule has 1 aromatic heterocycles. The third-order valence-electron chi connectivity index (χ3n) is 9.86. The molecule has 0 bridgehead atoms. The fourth-order valence-electron chi connectivity index (χ4n) is 7.46. The first-order valence-corrected chi connectivity index (χ1v) is 15.3. The molecule has 4 aliphatic rings. The van der Waals surface area contributed by atoms with Crippen LogP contribution in [0.4, 0.5) is 11.4 Å². The maximum Gasteiger partial charge on any atom is 0.293 e. The molecule has 2 N–H and O–H groups in total. The molecule has 3 aromatic rings. The molecule has 3 aliphatic heterocycles. The zero-order valence-corrected chi connectivity index (χ0v) is 25.4. The van der Waals surface area contributed by atoms with Crippen molar-refractivity contribution in [3.63, 3.8) is 0 Å². The van der Waals surface area contributed by atoms with Crippen molar-refractivity contribution in [1.82, 2.24) is 30.3 Å². The van der Waals surface area contributed by atoms with Gasteiger partial charge in [-0.1, -0.05) is 24.3 Å². The highest BCUT2D eigenvalue weighted by molar-refractivity contribution is 5.91. The zero-order chi connectivity index (χ0) is 29.3. The minimum absolute atomic E-state index is 0.125. The van der Waals surface area contributed by atoms with Crippen LogP contribution in [0.15, 0.2) is 54.7 Å². The van der Waals surface area contributed by atoms with E-state index in [9.17, 15) is 4.79 Å². The van der Waals surface area contributed by atoms with Crippen molar-refractivity contribution in [3.8, 4) is 17.1 Å². The molecule has 0 unspecified atom stereocenters. The number of amides is 1. The number of fused-ring (bicyclic) bond motifs is 1. The van der Waals surface area contributed by atoms with Crippen molar-refractivity contribution in [2.45, 2.75) is 64.7 Å². The van der Waals surface area contributed by atoms with E-state index >= 15 is 0 Å². The van der Waals surface area contributed by atoms with Gasteiger partial charge in [-0.3, -0.25) is 4.79 Å². The first-order valence-electron chi connectivity index (χ1n) is 15.3. The lowest BCUT2D eigenvalue weighted by atomic mass is 9.61. The zero-order valence-electron chi connectivity index (χ0n) is 25.4. The molecule has 9 nitrogen and oxygen atoms in total. The van der Waals surface area contributed by atoms with Gasteiger partial charge in [-0.15, -0.1) is 5.10 Å². The van der Waals surface area contributed by atoms with E-state index in [4.69, 9.17) is 10.1 Å². The Labute approximate surface area is 248 Å². The number of hydrogen-bond acceptors (Lipinski definition) is 7. The Morgan fingerprint density at radius 3 is 2.33 bits per heavy atom. The molecule has 3 atom stereocenters. The SMILES string of the molecule is C=C1[C@@H](C)N(C2CC3(CNC3)C2)c2cc(-c3nc(C(=O)N4C[C@@H](C)N[C@@H](C)C4)nn3-c3ccc(C)cc3)ccc2N1C. The molecule has 1 spiro atoms. The second-order valence-electron chi connectivity index (χ2n) is 13.2. The number of hydrogen-bond donors (Lipinski definition) is 2. The summed E-state index contributed by atoms with van der Waals surface area (Å²) < 4.78 is 1.83. The largest absolute Gasteiger partial charge is 0.359 e. The maximum atomic E-state index is 13.7. The first-order chi connectivity index (χ1) is 20.1. The molecule has 1 aliphatic carbocycles. The van der Waals surface area contributed by atoms with Gasteiger partial charge in [-0.25, -0.2) is 9.67 Å². The van der Waals surface area contributed by atoms with E-state index in [2.05, 4.69) is 92.1 Å². The first kappa shape index (κ1) is 27.2. The van der Waals surface area contributed by atoms with Gasteiger partial charge >= 0.3 is 0 Å². The molecule has 2 saturated heterocycles. The Morgan fingerprint density at radius 2 is 1.69 bits per heavy atom. The Kier molecular flexibility index (Phi) is 6.44. The number of nitrogens with one attached hydrogen (secondary N) is 2. The van der Waals surface area contributed by atoms with Gasteiger partial charge in [0.1, 0.15) is 0 Å². The van der Waals surface area contributed by atoms with Crippen LogP contribution in [0.2, 0.25) is 0 Å². The molecular formula is C33H42N8O. The predicted octanol–water partition coefficient (Wildman–Crippen LogP) is 3.98. The predicted molar refractivity (Wildman–Crippen MR) is 167 cm³/mol. The summed E-state index contributed by atoms with van der Waals surface area (Å²) in [4.78, 5) is 25.3. The highest BCUT2D eigenvalue weighted by Crippen LogP contribution is 2.52. The van der Waals surface area contributed by atoms with Crippen LogP contribution in [0.25, 0.3) is 17.1 Å². The maximum absolute atomic E-state index is 13.7. The van der Waals surface area contributed by atoms with Crippen LogP contribution in [0.1, 0.15) is 49.8 Å². The van der Waals surface area contributed by atoms with Crippen LogP contribution < -0.4 is 20.4 Å². The summed E-state index contributed by atoms with van der Waals surface area (Å²) in [6.07, 6.45) is 2.40. The fourth-order valence-corrected chi connectivity index (χ4v) is 7.46. The Bertz CT molecular complexity index is 1520. The number of carbonyl (C=O) groups is 1. The Balaban J connectivity index is 1.30. The van der Waals surface area contributed by atoms with Crippen molar-refractivity contribution in [1.29, 1.82) is 0 Å². The second-order valence-corrected chi connectivity index (χ2v) is 13.2. The number of aromatic nitrogens is 3. The van der Waals surface area contributed by atoms with Crippen LogP contribution >= 0.6 is 0 Å². The summed E-state index contributed by atoms with van der Waals surface area (Å²) in [5, 5.41) is 11.8. The van der Waals surface area contributed by atoms with Gasteiger partial charge < -0.3 is 25.3 Å². The highest BCUT2D eigenvalue weighted by atomic mass is 16.2. The smallest absolute Gasteiger partial charge is 0.293 e. The monoisotopic (exact) mass is 566 g/mol. The minimum Gasteiger partial charge on any atom is -0.359 e. The van der Waals surface area contributed by atoms with E-state index in [1.165, 1.54) is 24.1 Å². The molecule has 220 valence electrons. The number of aryl methyl sites for hydroxylation is 1. The van der Waals surface area contributed by atoms with E-state index in [1.54, 1.807) is 0 Å². The fraction of sp³-hybridized carbons (Fsp3) is 0.485. The third kappa shape index (κ3) is 4.41. The summed E-state index contributed by atoms with van der Waals surface area (Å²) in [6, 6.07) is 15.9. The number of rotatable bonds is 4. The molecule has 1 saturated carbocycles. The van der Waals surface area contributed by atoms with Crippen molar-refractivity contribution in [3.05, 3.63) is 66.1 Å². The molecule has 4 heterocycles. The quantitative estimate of drug-likeness (QED) is 0.495. The van der Waals surface area contributed by atoms with Crippen LogP contribution in [0.3, 0.4) is 0 Å². The normalized spacial score (nSPS) is 25.3. The van der Waals surface area contributed by atoms with E-state index < -0.39 is 0 Å².